The number of ether oxygens (including phenoxy) is 1. The topological polar surface area (TPSA) is 44.8 Å². The zero-order valence-electron chi connectivity index (χ0n) is 14.6. The van der Waals surface area contributed by atoms with Crippen LogP contribution in [-0.4, -0.2) is 67.3 Å². The van der Waals surface area contributed by atoms with E-state index in [2.05, 4.69) is 10.2 Å². The zero-order chi connectivity index (χ0) is 16.1. The Morgan fingerprint density at radius 2 is 1.57 bits per heavy atom. The van der Waals surface area contributed by atoms with Gasteiger partial charge >= 0.3 is 6.09 Å². The molecule has 0 bridgehead atoms. The van der Waals surface area contributed by atoms with Gasteiger partial charge in [0.05, 0.1) is 0 Å². The van der Waals surface area contributed by atoms with Crippen LogP contribution in [0.1, 0.15) is 57.8 Å². The maximum Gasteiger partial charge on any atom is 0.410 e. The summed E-state index contributed by atoms with van der Waals surface area (Å²) in [5.74, 6) is 0. The van der Waals surface area contributed by atoms with Crippen molar-refractivity contribution in [2.24, 2.45) is 0 Å². The number of rotatable bonds is 3. The summed E-state index contributed by atoms with van der Waals surface area (Å²) in [6.07, 6.45) is 10.6. The predicted octanol–water partition coefficient (Wildman–Crippen LogP) is 2.60. The van der Waals surface area contributed by atoms with Gasteiger partial charge in [-0.1, -0.05) is 6.42 Å². The average Bonchev–Trinajstić information content (AvgIpc) is 2.63. The second kappa shape index (κ2) is 8.34. The van der Waals surface area contributed by atoms with Gasteiger partial charge in [0, 0.05) is 25.2 Å². The van der Waals surface area contributed by atoms with Crippen LogP contribution in [0.5, 0.6) is 0 Å². The van der Waals surface area contributed by atoms with Crippen LogP contribution >= 0.6 is 0 Å². The average molecular weight is 323 g/mol. The molecule has 0 aromatic rings. The van der Waals surface area contributed by atoms with E-state index in [0.29, 0.717) is 12.1 Å². The number of nitrogens with zero attached hydrogens (tertiary/aromatic N) is 2. The minimum absolute atomic E-state index is 0.0741. The normalized spacial score (nSPS) is 31.1. The Morgan fingerprint density at radius 3 is 2.17 bits per heavy atom. The summed E-state index contributed by atoms with van der Waals surface area (Å²) < 4.78 is 5.75. The van der Waals surface area contributed by atoms with E-state index in [0.717, 1.165) is 51.6 Å². The van der Waals surface area contributed by atoms with Gasteiger partial charge in [0.25, 0.3) is 0 Å². The van der Waals surface area contributed by atoms with Crippen LogP contribution in [0.2, 0.25) is 0 Å². The molecule has 1 aliphatic carbocycles. The highest BCUT2D eigenvalue weighted by molar-refractivity contribution is 5.68. The monoisotopic (exact) mass is 323 g/mol. The van der Waals surface area contributed by atoms with Crippen LogP contribution < -0.4 is 5.32 Å². The van der Waals surface area contributed by atoms with E-state index in [-0.39, 0.29) is 12.2 Å². The Morgan fingerprint density at radius 1 is 0.913 bits per heavy atom. The molecule has 1 saturated carbocycles. The lowest BCUT2D eigenvalue weighted by molar-refractivity contribution is 0.0273. The molecule has 0 unspecified atom stereocenters. The molecule has 0 spiro atoms. The van der Waals surface area contributed by atoms with Crippen molar-refractivity contribution in [3.8, 4) is 0 Å². The molecule has 132 valence electrons. The fourth-order valence-electron chi connectivity index (χ4n) is 4.38. The third-order valence-corrected chi connectivity index (χ3v) is 5.98. The quantitative estimate of drug-likeness (QED) is 0.867. The van der Waals surface area contributed by atoms with Crippen molar-refractivity contribution in [1.82, 2.24) is 15.1 Å². The van der Waals surface area contributed by atoms with Crippen LogP contribution in [-0.2, 0) is 4.74 Å². The van der Waals surface area contributed by atoms with E-state index >= 15 is 0 Å². The lowest BCUT2D eigenvalue weighted by atomic mass is 9.93. The molecule has 2 saturated heterocycles. The van der Waals surface area contributed by atoms with Gasteiger partial charge in [0.1, 0.15) is 6.10 Å². The zero-order valence-corrected chi connectivity index (χ0v) is 14.6. The largest absolute Gasteiger partial charge is 0.446 e. The minimum atomic E-state index is -0.0741. The molecule has 23 heavy (non-hydrogen) atoms. The van der Waals surface area contributed by atoms with Crippen LogP contribution in [0.15, 0.2) is 0 Å². The number of carbonyl (C=O) groups excluding carboxylic acids is 1. The lowest BCUT2D eigenvalue weighted by Crippen LogP contribution is -2.48. The molecule has 5 heteroatoms. The van der Waals surface area contributed by atoms with Crippen LogP contribution in [0, 0.1) is 0 Å². The Labute approximate surface area is 140 Å². The summed E-state index contributed by atoms with van der Waals surface area (Å²) in [7, 11) is 2.02. The van der Waals surface area contributed by atoms with Gasteiger partial charge in [-0.3, -0.25) is 0 Å². The number of hydrogen-bond donors (Lipinski definition) is 1. The highest BCUT2D eigenvalue weighted by Gasteiger charge is 2.30. The molecule has 0 aromatic heterocycles. The molecule has 0 radical (unpaired) electrons. The van der Waals surface area contributed by atoms with E-state index in [1.165, 1.54) is 32.4 Å². The van der Waals surface area contributed by atoms with Crippen LogP contribution in [0.25, 0.3) is 0 Å². The number of carbonyl (C=O) groups is 1. The van der Waals surface area contributed by atoms with Crippen molar-refractivity contribution in [2.75, 3.05) is 33.2 Å². The van der Waals surface area contributed by atoms with Crippen molar-refractivity contribution in [1.29, 1.82) is 0 Å². The van der Waals surface area contributed by atoms with Gasteiger partial charge in [-0.2, -0.15) is 0 Å². The van der Waals surface area contributed by atoms with Crippen LogP contribution in [0.4, 0.5) is 4.79 Å². The van der Waals surface area contributed by atoms with Gasteiger partial charge in [-0.05, 0) is 71.5 Å². The van der Waals surface area contributed by atoms with Crippen molar-refractivity contribution >= 4 is 6.09 Å². The molecule has 5 nitrogen and oxygen atoms in total. The van der Waals surface area contributed by atoms with Gasteiger partial charge in [0.15, 0.2) is 0 Å². The van der Waals surface area contributed by atoms with Crippen molar-refractivity contribution in [3.05, 3.63) is 0 Å². The summed E-state index contributed by atoms with van der Waals surface area (Å²) in [6, 6.07) is 1.29. The molecule has 0 atom stereocenters. The Bertz CT molecular complexity index is 368. The molecular weight excluding hydrogens is 290 g/mol. The van der Waals surface area contributed by atoms with E-state index in [1.807, 2.05) is 11.9 Å². The van der Waals surface area contributed by atoms with Crippen molar-refractivity contribution in [3.63, 3.8) is 0 Å². The van der Waals surface area contributed by atoms with Crippen molar-refractivity contribution in [2.45, 2.75) is 76.0 Å². The highest BCUT2D eigenvalue weighted by Crippen LogP contribution is 2.24. The SMILES string of the molecule is CNC1CCC(OC(=O)N2CCC(N3CCCCC3)CC2)CC1. The summed E-state index contributed by atoms with van der Waals surface area (Å²) in [6.45, 7) is 4.24. The first-order valence-electron chi connectivity index (χ1n) is 9.63. The van der Waals surface area contributed by atoms with Gasteiger partial charge in [-0.15, -0.1) is 0 Å². The van der Waals surface area contributed by atoms with Gasteiger partial charge in [0.2, 0.25) is 0 Å². The number of nitrogens with one attached hydrogen (secondary N) is 1. The van der Waals surface area contributed by atoms with E-state index in [9.17, 15) is 4.79 Å². The fourth-order valence-corrected chi connectivity index (χ4v) is 4.38. The summed E-state index contributed by atoms with van der Waals surface area (Å²) >= 11 is 0. The first-order chi connectivity index (χ1) is 11.3. The summed E-state index contributed by atoms with van der Waals surface area (Å²) in [5.41, 5.74) is 0. The second-order valence-corrected chi connectivity index (χ2v) is 7.46. The molecule has 0 aromatic carbocycles. The lowest BCUT2D eigenvalue weighted by Gasteiger charge is -2.40. The Balaban J connectivity index is 1.38. The van der Waals surface area contributed by atoms with E-state index < -0.39 is 0 Å². The molecule has 2 heterocycles. The smallest absolute Gasteiger partial charge is 0.410 e. The number of piperidine rings is 2. The molecule has 1 N–H and O–H groups in total. The Hall–Kier alpha value is -0.810. The third-order valence-electron chi connectivity index (χ3n) is 5.98. The summed E-state index contributed by atoms with van der Waals surface area (Å²) in [5, 5.41) is 3.32. The van der Waals surface area contributed by atoms with Gasteiger partial charge < -0.3 is 19.9 Å². The molecule has 3 aliphatic rings. The summed E-state index contributed by atoms with van der Waals surface area (Å²) in [4.78, 5) is 17.0. The highest BCUT2D eigenvalue weighted by atomic mass is 16.6. The van der Waals surface area contributed by atoms with Crippen LogP contribution in [0.3, 0.4) is 0 Å². The van der Waals surface area contributed by atoms with Gasteiger partial charge in [-0.25, -0.2) is 4.79 Å². The third kappa shape index (κ3) is 4.60. The maximum atomic E-state index is 12.4. The standard InChI is InChI=1S/C18H33N3O2/c1-19-15-5-7-17(8-6-15)23-18(22)21-13-9-16(10-14-21)20-11-3-2-4-12-20/h15-17,19H,2-14H2,1H3. The molecule has 1 amide bonds. The number of hydrogen-bond acceptors (Lipinski definition) is 4. The first kappa shape index (κ1) is 17.0. The number of likely N-dealkylation sites (tertiary alicyclic amines) is 2. The fraction of sp³-hybridized carbons (Fsp3) is 0.944. The van der Waals surface area contributed by atoms with Crippen molar-refractivity contribution < 1.29 is 9.53 Å². The maximum absolute atomic E-state index is 12.4. The molecule has 3 fully saturated rings. The molecule has 2 aliphatic heterocycles. The molecular formula is C18H33N3O2. The predicted molar refractivity (Wildman–Crippen MR) is 91.6 cm³/mol. The Kier molecular flexibility index (Phi) is 6.17. The first-order valence-corrected chi connectivity index (χ1v) is 9.63. The molecule has 3 rings (SSSR count). The van der Waals surface area contributed by atoms with E-state index in [1.54, 1.807) is 0 Å². The second-order valence-electron chi connectivity index (χ2n) is 7.46. The number of amides is 1. The minimum Gasteiger partial charge on any atom is -0.446 e. The van der Waals surface area contributed by atoms with E-state index in [4.69, 9.17) is 4.74 Å².